The van der Waals surface area contributed by atoms with E-state index < -0.39 is 0 Å². The lowest BCUT2D eigenvalue weighted by atomic mass is 9.97. The Kier molecular flexibility index (Phi) is 5.31. The number of para-hydroxylation sites is 2. The summed E-state index contributed by atoms with van der Waals surface area (Å²) in [5.41, 5.74) is 1.77. The van der Waals surface area contributed by atoms with Crippen molar-refractivity contribution in [3.8, 4) is 0 Å². The lowest BCUT2D eigenvalue weighted by Gasteiger charge is -2.36. The molecule has 0 radical (unpaired) electrons. The Morgan fingerprint density at radius 2 is 1.70 bits per heavy atom. The molecule has 4 heterocycles. The molecule has 156 valence electrons. The number of hydrogen-bond donors (Lipinski definition) is 0. The Balaban J connectivity index is 1.10. The van der Waals surface area contributed by atoms with Crippen molar-refractivity contribution in [2.75, 3.05) is 50.7 Å². The van der Waals surface area contributed by atoms with Crippen LogP contribution in [0, 0.1) is 0 Å². The summed E-state index contributed by atoms with van der Waals surface area (Å²) in [6.45, 7) is 5.26. The molecule has 8 heteroatoms. The minimum Gasteiger partial charge on any atom is -0.440 e. The second-order valence-electron chi connectivity index (χ2n) is 7.99. The number of fused-ring (bicyclic) bond motifs is 1. The molecule has 2 aliphatic heterocycles. The van der Waals surface area contributed by atoms with Crippen molar-refractivity contribution in [2.45, 2.75) is 18.8 Å². The molecule has 2 aliphatic rings. The molecule has 0 spiro atoms. The first kappa shape index (κ1) is 19.0. The Morgan fingerprint density at radius 3 is 2.43 bits per heavy atom. The van der Waals surface area contributed by atoms with Crippen LogP contribution in [0.3, 0.4) is 0 Å². The number of amides is 1. The summed E-state index contributed by atoms with van der Waals surface area (Å²) >= 11 is 0. The number of oxazole rings is 1. The van der Waals surface area contributed by atoms with Gasteiger partial charge in [-0.1, -0.05) is 12.1 Å². The zero-order chi connectivity index (χ0) is 20.3. The number of hydrogen-bond acceptors (Lipinski definition) is 7. The van der Waals surface area contributed by atoms with E-state index in [1.165, 1.54) is 0 Å². The Morgan fingerprint density at radius 1 is 0.967 bits per heavy atom. The summed E-state index contributed by atoms with van der Waals surface area (Å²) in [5, 5.41) is 0. The summed E-state index contributed by atoms with van der Waals surface area (Å²) in [4.78, 5) is 32.4. The second kappa shape index (κ2) is 8.39. The zero-order valence-electron chi connectivity index (χ0n) is 17.0. The highest BCUT2D eigenvalue weighted by Gasteiger charge is 2.28. The van der Waals surface area contributed by atoms with Crippen LogP contribution >= 0.6 is 0 Å². The van der Waals surface area contributed by atoms with Gasteiger partial charge in [0, 0.05) is 44.5 Å². The van der Waals surface area contributed by atoms with Crippen LogP contribution in [-0.4, -0.2) is 76.5 Å². The van der Waals surface area contributed by atoms with Crippen LogP contribution in [0.2, 0.25) is 0 Å². The smallest absolute Gasteiger partial charge is 0.236 e. The molecular weight excluding hydrogens is 380 g/mol. The van der Waals surface area contributed by atoms with Gasteiger partial charge in [-0.2, -0.15) is 0 Å². The summed E-state index contributed by atoms with van der Waals surface area (Å²) in [5.74, 6) is 2.12. The zero-order valence-corrected chi connectivity index (χ0v) is 17.0. The number of carbonyl (C=O) groups excluding carboxylic acids is 1. The molecule has 30 heavy (non-hydrogen) atoms. The van der Waals surface area contributed by atoms with Crippen LogP contribution in [-0.2, 0) is 4.79 Å². The Bertz CT molecular complexity index is 958. The van der Waals surface area contributed by atoms with Crippen LogP contribution in [0.5, 0.6) is 0 Å². The minimum absolute atomic E-state index is 0.212. The fourth-order valence-electron chi connectivity index (χ4n) is 4.30. The number of rotatable bonds is 4. The highest BCUT2D eigenvalue weighted by Crippen LogP contribution is 2.29. The molecule has 8 nitrogen and oxygen atoms in total. The van der Waals surface area contributed by atoms with Crippen molar-refractivity contribution >= 4 is 23.0 Å². The number of aromatic nitrogens is 3. The number of nitrogens with zero attached hydrogens (tertiary/aromatic N) is 6. The van der Waals surface area contributed by atoms with Crippen LogP contribution in [0.1, 0.15) is 24.7 Å². The van der Waals surface area contributed by atoms with E-state index in [0.717, 1.165) is 75.0 Å². The summed E-state index contributed by atoms with van der Waals surface area (Å²) < 4.78 is 5.95. The minimum atomic E-state index is 0.212. The van der Waals surface area contributed by atoms with Crippen LogP contribution in [0.15, 0.2) is 47.1 Å². The molecule has 2 fully saturated rings. The van der Waals surface area contributed by atoms with Crippen molar-refractivity contribution in [3.63, 3.8) is 0 Å². The van der Waals surface area contributed by atoms with E-state index in [4.69, 9.17) is 4.42 Å². The maximum atomic E-state index is 12.8. The molecular formula is C22H26N6O2. The average molecular weight is 406 g/mol. The van der Waals surface area contributed by atoms with Crippen molar-refractivity contribution in [1.82, 2.24) is 24.8 Å². The van der Waals surface area contributed by atoms with Gasteiger partial charge in [0.25, 0.3) is 0 Å². The van der Waals surface area contributed by atoms with E-state index in [-0.39, 0.29) is 5.91 Å². The van der Waals surface area contributed by atoms with E-state index >= 15 is 0 Å². The number of anilines is 1. The van der Waals surface area contributed by atoms with Gasteiger partial charge in [-0.25, -0.2) is 15.0 Å². The van der Waals surface area contributed by atoms with Gasteiger partial charge in [0.2, 0.25) is 11.9 Å². The van der Waals surface area contributed by atoms with E-state index in [1.807, 2.05) is 35.2 Å². The largest absolute Gasteiger partial charge is 0.440 e. The van der Waals surface area contributed by atoms with E-state index in [9.17, 15) is 4.79 Å². The Labute approximate surface area is 175 Å². The predicted molar refractivity (Wildman–Crippen MR) is 113 cm³/mol. The molecule has 0 N–H and O–H groups in total. The highest BCUT2D eigenvalue weighted by atomic mass is 16.3. The van der Waals surface area contributed by atoms with Gasteiger partial charge in [0.05, 0.1) is 6.54 Å². The molecule has 0 aliphatic carbocycles. The van der Waals surface area contributed by atoms with E-state index in [2.05, 4.69) is 24.8 Å². The normalized spacial score (nSPS) is 18.8. The van der Waals surface area contributed by atoms with Crippen LogP contribution in [0.25, 0.3) is 11.1 Å². The molecule has 1 aromatic carbocycles. The third kappa shape index (κ3) is 4.00. The summed E-state index contributed by atoms with van der Waals surface area (Å²) in [6.07, 6.45) is 5.45. The monoisotopic (exact) mass is 406 g/mol. The SMILES string of the molecule is O=C(CN1CCC(c2nc3ccccc3o2)CC1)N1CCN(c2ncccn2)CC1. The molecule has 2 saturated heterocycles. The van der Waals surface area contributed by atoms with Gasteiger partial charge in [0.1, 0.15) is 5.52 Å². The second-order valence-corrected chi connectivity index (χ2v) is 7.99. The van der Waals surface area contributed by atoms with E-state index in [0.29, 0.717) is 12.5 Å². The third-order valence-electron chi connectivity index (χ3n) is 6.07. The van der Waals surface area contributed by atoms with Gasteiger partial charge < -0.3 is 14.2 Å². The molecule has 0 atom stereocenters. The standard InChI is InChI=1S/C22H26N6O2/c29-20(27-12-14-28(15-13-27)22-23-8-3-9-24-22)16-26-10-6-17(7-11-26)21-25-18-4-1-2-5-19(18)30-21/h1-5,8-9,17H,6-7,10-16H2. The van der Waals surface area contributed by atoms with Gasteiger partial charge in [-0.05, 0) is 44.1 Å². The number of piperidine rings is 1. The quantitative estimate of drug-likeness (QED) is 0.657. The lowest BCUT2D eigenvalue weighted by Crippen LogP contribution is -2.52. The number of carbonyl (C=O) groups is 1. The van der Waals surface area contributed by atoms with Gasteiger partial charge >= 0.3 is 0 Å². The summed E-state index contributed by atoms with van der Waals surface area (Å²) in [7, 11) is 0. The molecule has 3 aromatic rings. The van der Waals surface area contributed by atoms with Crippen molar-refractivity contribution in [3.05, 3.63) is 48.6 Å². The van der Waals surface area contributed by atoms with Gasteiger partial charge in [-0.3, -0.25) is 9.69 Å². The summed E-state index contributed by atoms with van der Waals surface area (Å²) in [6, 6.07) is 9.72. The maximum Gasteiger partial charge on any atom is 0.236 e. The topological polar surface area (TPSA) is 78.6 Å². The number of likely N-dealkylation sites (tertiary alicyclic amines) is 1. The Hall–Kier alpha value is -3.00. The molecule has 0 unspecified atom stereocenters. The molecule has 2 aromatic heterocycles. The van der Waals surface area contributed by atoms with Crippen LogP contribution in [0.4, 0.5) is 5.95 Å². The van der Waals surface area contributed by atoms with E-state index in [1.54, 1.807) is 12.4 Å². The number of benzene rings is 1. The first-order valence-corrected chi connectivity index (χ1v) is 10.6. The predicted octanol–water partition coefficient (Wildman–Crippen LogP) is 2.15. The highest BCUT2D eigenvalue weighted by molar-refractivity contribution is 5.78. The van der Waals surface area contributed by atoms with Gasteiger partial charge in [0.15, 0.2) is 11.5 Å². The molecule has 1 amide bonds. The first-order valence-electron chi connectivity index (χ1n) is 10.6. The average Bonchev–Trinajstić information content (AvgIpc) is 3.25. The van der Waals surface area contributed by atoms with Gasteiger partial charge in [-0.15, -0.1) is 0 Å². The van der Waals surface area contributed by atoms with Crippen molar-refractivity contribution < 1.29 is 9.21 Å². The molecule has 5 rings (SSSR count). The molecule has 0 saturated carbocycles. The van der Waals surface area contributed by atoms with Crippen molar-refractivity contribution in [1.29, 1.82) is 0 Å². The van der Waals surface area contributed by atoms with Crippen molar-refractivity contribution in [2.24, 2.45) is 0 Å². The lowest BCUT2D eigenvalue weighted by molar-refractivity contribution is -0.133. The molecule has 0 bridgehead atoms. The fourth-order valence-corrected chi connectivity index (χ4v) is 4.30. The maximum absolute atomic E-state index is 12.8. The fraction of sp³-hybridized carbons (Fsp3) is 0.455. The first-order chi connectivity index (χ1) is 14.8. The number of piperazine rings is 1. The third-order valence-corrected chi connectivity index (χ3v) is 6.07. The van der Waals surface area contributed by atoms with Crippen LogP contribution < -0.4 is 4.90 Å².